The summed E-state index contributed by atoms with van der Waals surface area (Å²) in [6.07, 6.45) is 12.5. The molecule has 0 bridgehead atoms. The number of para-hydroxylation sites is 1. The molecule has 1 aromatic carbocycles. The number of rotatable bonds is 8. The normalized spacial score (nSPS) is 20.3. The van der Waals surface area contributed by atoms with Gasteiger partial charge in [-0.2, -0.15) is 4.98 Å². The van der Waals surface area contributed by atoms with Crippen LogP contribution in [-0.4, -0.2) is 84.6 Å². The van der Waals surface area contributed by atoms with Crippen LogP contribution in [0.25, 0.3) is 22.1 Å². The number of ether oxygens (including phenoxy) is 1. The van der Waals surface area contributed by atoms with Crippen LogP contribution in [0.1, 0.15) is 86.8 Å². The summed E-state index contributed by atoms with van der Waals surface area (Å²) in [5.41, 5.74) is 3.87. The molecule has 4 aromatic heterocycles. The van der Waals surface area contributed by atoms with Crippen LogP contribution in [0.2, 0.25) is 0 Å². The summed E-state index contributed by atoms with van der Waals surface area (Å²) < 4.78 is 11.6. The van der Waals surface area contributed by atoms with Crippen molar-refractivity contribution in [1.82, 2.24) is 38.9 Å². The minimum absolute atomic E-state index is 0.0389. The number of carbonyl (C=O) groups excluding carboxylic acids is 3. The van der Waals surface area contributed by atoms with E-state index in [1.807, 2.05) is 30.3 Å². The molecule has 2 N–H and O–H groups in total. The zero-order valence-electron chi connectivity index (χ0n) is 31.5. The zero-order valence-corrected chi connectivity index (χ0v) is 31.5. The van der Waals surface area contributed by atoms with Crippen LogP contribution in [0.3, 0.4) is 0 Å². The summed E-state index contributed by atoms with van der Waals surface area (Å²) in [4.78, 5) is 68.9. The van der Waals surface area contributed by atoms with E-state index in [0.717, 1.165) is 86.7 Å². The van der Waals surface area contributed by atoms with Crippen molar-refractivity contribution in [1.29, 1.82) is 0 Å². The van der Waals surface area contributed by atoms with E-state index in [1.165, 1.54) is 0 Å². The Balaban J connectivity index is 0.827. The van der Waals surface area contributed by atoms with Crippen molar-refractivity contribution in [3.8, 4) is 5.75 Å². The highest BCUT2D eigenvalue weighted by Crippen LogP contribution is 2.51. The fourth-order valence-corrected chi connectivity index (χ4v) is 9.35. The first kappa shape index (κ1) is 35.0. The van der Waals surface area contributed by atoms with Gasteiger partial charge in [-0.05, 0) is 80.7 Å². The zero-order chi connectivity index (χ0) is 38.0. The van der Waals surface area contributed by atoms with E-state index in [9.17, 15) is 19.2 Å². The van der Waals surface area contributed by atoms with E-state index in [1.54, 1.807) is 47.6 Å². The van der Waals surface area contributed by atoms with Gasteiger partial charge in [0.05, 0.1) is 29.0 Å². The van der Waals surface area contributed by atoms with Gasteiger partial charge >= 0.3 is 5.69 Å². The Morgan fingerprint density at radius 2 is 1.76 bits per heavy atom. The average molecular weight is 747 g/mol. The van der Waals surface area contributed by atoms with Crippen molar-refractivity contribution in [3.05, 3.63) is 65.0 Å². The number of hydrogen-bond acceptors (Lipinski definition) is 10. The Bertz CT molecular complexity index is 2370. The highest BCUT2D eigenvalue weighted by molar-refractivity contribution is 6.01. The third kappa shape index (κ3) is 6.18. The van der Waals surface area contributed by atoms with Gasteiger partial charge in [0.15, 0.2) is 0 Å². The van der Waals surface area contributed by atoms with E-state index in [4.69, 9.17) is 9.72 Å². The molecule has 5 aromatic rings. The van der Waals surface area contributed by atoms with Crippen molar-refractivity contribution in [2.24, 2.45) is 12.5 Å². The second-order valence-electron chi connectivity index (χ2n) is 16.0. The van der Waals surface area contributed by atoms with Crippen LogP contribution in [0.5, 0.6) is 5.75 Å². The largest absolute Gasteiger partial charge is 0.489 e. The molecule has 2 aliphatic carbocycles. The molecule has 6 heterocycles. The highest BCUT2D eigenvalue weighted by Gasteiger charge is 2.47. The first-order chi connectivity index (χ1) is 26.6. The van der Waals surface area contributed by atoms with Gasteiger partial charge in [-0.1, -0.05) is 18.9 Å². The van der Waals surface area contributed by atoms with Gasteiger partial charge in [0.25, 0.3) is 5.91 Å². The molecule has 1 spiro atoms. The number of amides is 3. The minimum atomic E-state index is -0.706. The van der Waals surface area contributed by atoms with Crippen LogP contribution in [0.15, 0.2) is 53.6 Å². The number of aryl methyl sites for hydroxylation is 1. The summed E-state index contributed by atoms with van der Waals surface area (Å²) in [6, 6.07) is 11.1. The Morgan fingerprint density at radius 3 is 2.47 bits per heavy atom. The second kappa shape index (κ2) is 13.5. The lowest BCUT2D eigenvalue weighted by Crippen LogP contribution is -2.51. The van der Waals surface area contributed by atoms with E-state index in [-0.39, 0.29) is 41.5 Å². The van der Waals surface area contributed by atoms with Gasteiger partial charge in [0.2, 0.25) is 17.8 Å². The number of imidazole rings is 1. The first-order valence-electron chi connectivity index (χ1n) is 19.4. The predicted molar refractivity (Wildman–Crippen MR) is 207 cm³/mol. The van der Waals surface area contributed by atoms with Gasteiger partial charge in [0, 0.05) is 58.3 Å². The van der Waals surface area contributed by atoms with E-state index in [0.29, 0.717) is 35.1 Å². The summed E-state index contributed by atoms with van der Waals surface area (Å²) in [5.74, 6) is 0.978. The molecular weight excluding hydrogens is 701 g/mol. The van der Waals surface area contributed by atoms with Crippen LogP contribution < -0.4 is 26.0 Å². The molecule has 15 nitrogen and oxygen atoms in total. The third-order valence-electron chi connectivity index (χ3n) is 12.3. The molecular formula is C40H46N10O5. The monoisotopic (exact) mass is 746 g/mol. The number of nitrogens with zero attached hydrogens (tertiary/aromatic N) is 8. The Hall–Kier alpha value is -5.73. The molecule has 4 fully saturated rings. The lowest BCUT2D eigenvalue weighted by atomic mass is 9.61. The molecule has 0 unspecified atom stereocenters. The number of aromatic nitrogens is 6. The number of benzene rings is 1. The van der Waals surface area contributed by atoms with E-state index >= 15 is 0 Å². The molecule has 2 aliphatic heterocycles. The van der Waals surface area contributed by atoms with Crippen molar-refractivity contribution in [3.63, 3.8) is 0 Å². The number of carbonyl (C=O) groups is 3. The molecule has 0 radical (unpaired) electrons. The Morgan fingerprint density at radius 1 is 0.982 bits per heavy atom. The molecule has 9 rings (SSSR count). The number of imide groups is 1. The lowest BCUT2D eigenvalue weighted by molar-refractivity contribution is -0.135. The van der Waals surface area contributed by atoms with Crippen LogP contribution in [-0.2, 0) is 16.6 Å². The molecule has 1 atom stereocenters. The fourth-order valence-electron chi connectivity index (χ4n) is 9.35. The van der Waals surface area contributed by atoms with Crippen molar-refractivity contribution >= 4 is 57.2 Å². The molecule has 55 heavy (non-hydrogen) atoms. The maximum atomic E-state index is 13.4. The molecule has 286 valence electrons. The summed E-state index contributed by atoms with van der Waals surface area (Å²) >= 11 is 0. The summed E-state index contributed by atoms with van der Waals surface area (Å²) in [6.45, 7) is 1.72. The Labute approximate surface area is 317 Å². The summed E-state index contributed by atoms with van der Waals surface area (Å²) in [5, 5.41) is 6.47. The smallest absolute Gasteiger partial charge is 0.329 e. The topological polar surface area (TPSA) is 162 Å². The standard InChI is InChI=1S/C40H46N10O5/c1-46(2)37(53)31-19-24-22-42-38(45-35(24)49(31)25-7-4-5-8-25)43-32-13-11-26(23-41-32)55-27-20-40(21-27)15-17-48(18-16-40)28-9-6-10-29-34(28)47(3)39(54)50(29)30-12-14-33(51)44-36(30)52/h6,9-11,13,19,22-23,25,27,30H,4-5,7-8,12,14-18,20-21H2,1-3H3,(H,44,51,52)(H,41,42,43,45)/t30-/m1/s1. The Kier molecular flexibility index (Phi) is 8.61. The van der Waals surface area contributed by atoms with Gasteiger partial charge in [-0.25, -0.2) is 14.8 Å². The highest BCUT2D eigenvalue weighted by atomic mass is 16.5. The molecule has 2 saturated heterocycles. The lowest BCUT2D eigenvalue weighted by Gasteiger charge is -2.52. The number of piperidine rings is 2. The van der Waals surface area contributed by atoms with Crippen LogP contribution >= 0.6 is 0 Å². The molecule has 4 aliphatic rings. The maximum Gasteiger partial charge on any atom is 0.329 e. The van der Waals surface area contributed by atoms with Crippen molar-refractivity contribution in [2.75, 3.05) is 37.4 Å². The average Bonchev–Trinajstić information content (AvgIpc) is 3.89. The fraction of sp³-hybridized carbons (Fsp3) is 0.475. The number of fused-ring (bicyclic) bond motifs is 2. The van der Waals surface area contributed by atoms with Crippen LogP contribution in [0.4, 0.5) is 17.5 Å². The van der Waals surface area contributed by atoms with Gasteiger partial charge in [-0.3, -0.25) is 28.8 Å². The number of pyridine rings is 1. The van der Waals surface area contributed by atoms with Gasteiger partial charge in [-0.15, -0.1) is 0 Å². The number of anilines is 3. The number of nitrogens with one attached hydrogen (secondary N) is 2. The minimum Gasteiger partial charge on any atom is -0.489 e. The van der Waals surface area contributed by atoms with E-state index in [2.05, 4.69) is 36.1 Å². The first-order valence-corrected chi connectivity index (χ1v) is 19.4. The number of hydrogen-bond donors (Lipinski definition) is 2. The summed E-state index contributed by atoms with van der Waals surface area (Å²) in [7, 11) is 5.29. The SMILES string of the molecule is CN(C)C(=O)c1cc2cnc(Nc3ccc(OC4CC5(CCN(c6cccc7c6n(C)c(=O)n7[C@@H]6CCC(=O)NC6=O)CC5)C4)cn3)nc2n1C1CCCC1. The third-order valence-corrected chi connectivity index (χ3v) is 12.3. The molecule has 15 heteroatoms. The second-order valence-corrected chi connectivity index (χ2v) is 16.0. The van der Waals surface area contributed by atoms with Gasteiger partial charge < -0.3 is 24.4 Å². The quantitative estimate of drug-likeness (QED) is 0.210. The van der Waals surface area contributed by atoms with Crippen LogP contribution in [0, 0.1) is 5.41 Å². The maximum absolute atomic E-state index is 13.4. The van der Waals surface area contributed by atoms with E-state index < -0.39 is 11.9 Å². The van der Waals surface area contributed by atoms with Crippen molar-refractivity contribution < 1.29 is 19.1 Å². The van der Waals surface area contributed by atoms with Crippen molar-refractivity contribution in [2.45, 2.75) is 82.4 Å². The molecule has 2 saturated carbocycles. The molecule has 3 amide bonds. The van der Waals surface area contributed by atoms with Gasteiger partial charge in [0.1, 0.15) is 29.0 Å². The predicted octanol–water partition coefficient (Wildman–Crippen LogP) is 4.85.